The first kappa shape index (κ1) is 15.0. The second-order valence-corrected chi connectivity index (χ2v) is 9.27. The van der Waals surface area contributed by atoms with Gasteiger partial charge in [-0.25, -0.2) is 9.78 Å². The first-order valence-electron chi connectivity index (χ1n) is 9.45. The van der Waals surface area contributed by atoms with Crippen molar-refractivity contribution in [3.63, 3.8) is 0 Å². The Morgan fingerprint density at radius 1 is 1.35 bits per heavy atom. The second-order valence-electron chi connectivity index (χ2n) is 9.27. The maximum atomic E-state index is 11.7. The standard InChI is InChI=1S/C20H22N2O4/c1-18-9-20(10-18,11-25-18)15-8-22-7-13(17(23)24)14(4-16(22)21-15)26-12-5-19(6-12)2-3-19/h4,7-8,12H,2-3,5-6,9-11H2,1H3,(H,23,24). The molecule has 4 heterocycles. The van der Waals surface area contributed by atoms with Crippen molar-refractivity contribution < 1.29 is 19.4 Å². The molecule has 2 aromatic rings. The van der Waals surface area contributed by atoms with Crippen molar-refractivity contribution in [3.05, 3.63) is 29.7 Å². The predicted molar refractivity (Wildman–Crippen MR) is 92.7 cm³/mol. The van der Waals surface area contributed by atoms with E-state index in [2.05, 4.69) is 6.92 Å². The van der Waals surface area contributed by atoms with Gasteiger partial charge in [-0.15, -0.1) is 0 Å². The summed E-state index contributed by atoms with van der Waals surface area (Å²) in [6.07, 6.45) is 10.4. The molecule has 2 bridgehead atoms. The quantitative estimate of drug-likeness (QED) is 0.913. The maximum Gasteiger partial charge on any atom is 0.341 e. The summed E-state index contributed by atoms with van der Waals surface area (Å²) in [7, 11) is 0. The number of fused-ring (bicyclic) bond motifs is 2. The molecule has 1 N–H and O–H groups in total. The molecule has 2 aromatic heterocycles. The van der Waals surface area contributed by atoms with Crippen LogP contribution in [0.5, 0.6) is 5.75 Å². The SMILES string of the molecule is CC12CC(c3cn4cc(C(=O)O)c(OC5CC6(CC6)C5)cc4n3)(CO1)C2. The van der Waals surface area contributed by atoms with Crippen LogP contribution < -0.4 is 4.74 Å². The summed E-state index contributed by atoms with van der Waals surface area (Å²) < 4.78 is 13.8. The van der Waals surface area contributed by atoms with Crippen LogP contribution in [0, 0.1) is 5.41 Å². The Balaban J connectivity index is 1.35. The first-order valence-corrected chi connectivity index (χ1v) is 9.45. The average Bonchev–Trinajstić information content (AvgIpc) is 2.93. The minimum absolute atomic E-state index is 0.000706. The van der Waals surface area contributed by atoms with Crippen molar-refractivity contribution in [1.29, 1.82) is 0 Å². The molecule has 3 aliphatic carbocycles. The lowest BCUT2D eigenvalue weighted by molar-refractivity contribution is 0.0154. The lowest BCUT2D eigenvalue weighted by Crippen LogP contribution is -2.45. The molecule has 0 amide bonds. The van der Waals surface area contributed by atoms with Crippen molar-refractivity contribution in [2.24, 2.45) is 5.41 Å². The average molecular weight is 354 g/mol. The largest absolute Gasteiger partial charge is 0.489 e. The van der Waals surface area contributed by atoms with Gasteiger partial charge in [0.1, 0.15) is 17.0 Å². The van der Waals surface area contributed by atoms with E-state index in [1.807, 2.05) is 10.6 Å². The van der Waals surface area contributed by atoms with Gasteiger partial charge in [-0.2, -0.15) is 0 Å². The lowest BCUT2D eigenvalue weighted by Gasteiger charge is -2.41. The van der Waals surface area contributed by atoms with E-state index in [9.17, 15) is 9.90 Å². The molecule has 6 nitrogen and oxygen atoms in total. The van der Waals surface area contributed by atoms with Crippen molar-refractivity contribution in [1.82, 2.24) is 9.38 Å². The molecular weight excluding hydrogens is 332 g/mol. The van der Waals surface area contributed by atoms with Crippen LogP contribution in [0.2, 0.25) is 0 Å². The van der Waals surface area contributed by atoms with E-state index in [1.165, 1.54) is 12.8 Å². The number of nitrogens with zero attached hydrogens (tertiary/aromatic N) is 2. The number of rotatable bonds is 4. The monoisotopic (exact) mass is 354 g/mol. The molecule has 2 saturated heterocycles. The van der Waals surface area contributed by atoms with Crippen LogP contribution >= 0.6 is 0 Å². The van der Waals surface area contributed by atoms with E-state index in [4.69, 9.17) is 14.5 Å². The molecule has 136 valence electrons. The number of imidazole rings is 1. The van der Waals surface area contributed by atoms with Crippen LogP contribution in [0.1, 0.15) is 61.5 Å². The molecule has 0 radical (unpaired) electrons. The lowest BCUT2D eigenvalue weighted by atomic mass is 9.62. The van der Waals surface area contributed by atoms with Crippen LogP contribution in [0.15, 0.2) is 18.5 Å². The summed E-state index contributed by atoms with van der Waals surface area (Å²) in [6, 6.07) is 1.79. The Morgan fingerprint density at radius 2 is 2.12 bits per heavy atom. The number of aromatic carboxylic acids is 1. The van der Waals surface area contributed by atoms with Gasteiger partial charge in [-0.1, -0.05) is 0 Å². The van der Waals surface area contributed by atoms with Crippen LogP contribution in [-0.2, 0) is 10.2 Å². The van der Waals surface area contributed by atoms with Gasteiger partial charge >= 0.3 is 5.97 Å². The van der Waals surface area contributed by atoms with Gasteiger partial charge in [0, 0.05) is 23.9 Å². The Labute approximate surface area is 151 Å². The number of aromatic nitrogens is 2. The van der Waals surface area contributed by atoms with Gasteiger partial charge in [-0.05, 0) is 50.9 Å². The predicted octanol–water partition coefficient (Wildman–Crippen LogP) is 3.17. The Hall–Kier alpha value is -2.08. The zero-order valence-corrected chi connectivity index (χ0v) is 14.8. The smallest absolute Gasteiger partial charge is 0.341 e. The van der Waals surface area contributed by atoms with Crippen LogP contribution in [0.4, 0.5) is 0 Å². The zero-order chi connectivity index (χ0) is 17.7. The van der Waals surface area contributed by atoms with Crippen molar-refractivity contribution in [2.45, 2.75) is 62.6 Å². The third-order valence-electron chi connectivity index (χ3n) is 7.02. The topological polar surface area (TPSA) is 73.1 Å². The van der Waals surface area contributed by atoms with Crippen LogP contribution in [0.25, 0.3) is 5.65 Å². The highest BCUT2D eigenvalue weighted by Gasteiger charge is 2.61. The van der Waals surface area contributed by atoms with Gasteiger partial charge in [-0.3, -0.25) is 0 Å². The highest BCUT2D eigenvalue weighted by Crippen LogP contribution is 2.61. The number of carboxylic acid groups (broad SMARTS) is 1. The third kappa shape index (κ3) is 1.96. The van der Waals surface area contributed by atoms with Crippen LogP contribution in [0.3, 0.4) is 0 Å². The zero-order valence-electron chi connectivity index (χ0n) is 14.8. The fraction of sp³-hybridized carbons (Fsp3) is 0.600. The molecule has 0 aromatic carbocycles. The maximum absolute atomic E-state index is 11.7. The van der Waals surface area contributed by atoms with E-state index in [0.717, 1.165) is 37.0 Å². The molecule has 0 unspecified atom stereocenters. The summed E-state index contributed by atoms with van der Waals surface area (Å²) in [4.78, 5) is 16.5. The molecule has 5 aliphatic rings. The van der Waals surface area contributed by atoms with Gasteiger partial charge in [0.15, 0.2) is 0 Å². The molecule has 26 heavy (non-hydrogen) atoms. The summed E-state index contributed by atoms with van der Waals surface area (Å²) >= 11 is 0. The van der Waals surface area contributed by atoms with Gasteiger partial charge in [0.05, 0.1) is 24.0 Å². The number of pyridine rings is 1. The van der Waals surface area contributed by atoms with E-state index in [0.29, 0.717) is 17.8 Å². The molecule has 0 atom stereocenters. The molecule has 3 saturated carbocycles. The minimum atomic E-state index is -0.962. The first-order chi connectivity index (χ1) is 12.4. The highest BCUT2D eigenvalue weighted by molar-refractivity contribution is 5.91. The molecule has 7 rings (SSSR count). The van der Waals surface area contributed by atoms with Crippen molar-refractivity contribution in [2.75, 3.05) is 6.61 Å². The molecular formula is C20H22N2O4. The summed E-state index contributed by atoms with van der Waals surface area (Å²) in [5, 5.41) is 9.62. The van der Waals surface area contributed by atoms with E-state index in [1.54, 1.807) is 12.3 Å². The molecule has 2 aliphatic heterocycles. The van der Waals surface area contributed by atoms with Crippen molar-refractivity contribution >= 4 is 11.6 Å². The summed E-state index contributed by atoms with van der Waals surface area (Å²) in [5.41, 5.74) is 2.47. The van der Waals surface area contributed by atoms with Gasteiger partial charge < -0.3 is 19.0 Å². The number of hydrogen-bond donors (Lipinski definition) is 1. The van der Waals surface area contributed by atoms with E-state index in [-0.39, 0.29) is 22.7 Å². The minimum Gasteiger partial charge on any atom is -0.489 e. The van der Waals surface area contributed by atoms with E-state index < -0.39 is 5.97 Å². The van der Waals surface area contributed by atoms with E-state index >= 15 is 0 Å². The normalized spacial score (nSPS) is 33.9. The number of carboxylic acids is 1. The molecule has 1 spiro atoms. The Morgan fingerprint density at radius 3 is 2.73 bits per heavy atom. The molecule has 6 heteroatoms. The summed E-state index contributed by atoms with van der Waals surface area (Å²) in [5.74, 6) is -0.516. The third-order valence-corrected chi connectivity index (χ3v) is 7.02. The second kappa shape index (κ2) is 4.42. The highest BCUT2D eigenvalue weighted by atomic mass is 16.5. The Bertz CT molecular complexity index is 944. The summed E-state index contributed by atoms with van der Waals surface area (Å²) in [6.45, 7) is 2.85. The van der Waals surface area contributed by atoms with Crippen molar-refractivity contribution in [3.8, 4) is 5.75 Å². The van der Waals surface area contributed by atoms with Gasteiger partial charge in [0.2, 0.25) is 0 Å². The number of hydrogen-bond acceptors (Lipinski definition) is 4. The fourth-order valence-electron chi connectivity index (χ4n) is 5.43. The Kier molecular flexibility index (Phi) is 2.55. The van der Waals surface area contributed by atoms with Crippen LogP contribution in [-0.4, -0.2) is 38.8 Å². The number of ether oxygens (including phenoxy) is 2. The fourth-order valence-corrected chi connectivity index (χ4v) is 5.43. The van der Waals surface area contributed by atoms with Gasteiger partial charge in [0.25, 0.3) is 0 Å². The number of carbonyl (C=O) groups is 1. The molecule has 5 fully saturated rings.